The Hall–Kier alpha value is -2.71. The maximum Gasteiger partial charge on any atom is 0.417 e. The highest BCUT2D eigenvalue weighted by molar-refractivity contribution is 6.48. The van der Waals surface area contributed by atoms with E-state index in [2.05, 4.69) is 0 Å². The largest absolute Gasteiger partial charge is 0.417 e. The lowest BCUT2D eigenvalue weighted by atomic mass is 9.95. The van der Waals surface area contributed by atoms with Crippen molar-refractivity contribution < 1.29 is 53.5 Å². The number of hydrogen-bond acceptors (Lipinski definition) is 2. The summed E-state index contributed by atoms with van der Waals surface area (Å²) in [4.78, 5) is 23.6. The van der Waals surface area contributed by atoms with E-state index in [1.807, 2.05) is 0 Å². The van der Waals surface area contributed by atoms with Gasteiger partial charge in [0.1, 0.15) is 18.3 Å². The van der Waals surface area contributed by atoms with Gasteiger partial charge < -0.3 is 10.6 Å². The Bertz CT molecular complexity index is 1250. The fourth-order valence-corrected chi connectivity index (χ4v) is 3.66. The van der Waals surface area contributed by atoms with Gasteiger partial charge in [-0.05, 0) is 29.8 Å². The number of allylic oxidation sites excluding steroid dienone is 1. The summed E-state index contributed by atoms with van der Waals surface area (Å²) in [6.07, 6.45) is -15.3. The maximum absolute atomic E-state index is 14.9. The van der Waals surface area contributed by atoms with E-state index in [9.17, 15) is 53.5 Å². The van der Waals surface area contributed by atoms with Crippen molar-refractivity contribution in [2.45, 2.75) is 24.4 Å². The minimum atomic E-state index is -5.32. The summed E-state index contributed by atoms with van der Waals surface area (Å²) in [6, 6.07) is 1.07. The van der Waals surface area contributed by atoms with Gasteiger partial charge in [0.2, 0.25) is 0 Å². The zero-order chi connectivity index (χ0) is 29.9. The minimum absolute atomic E-state index is 0.0284. The summed E-state index contributed by atoms with van der Waals surface area (Å²) in [6.45, 7) is -2.97. The van der Waals surface area contributed by atoms with Gasteiger partial charge in [-0.15, -0.1) is 0 Å². The van der Waals surface area contributed by atoms with Crippen LogP contribution in [-0.2, 0) is 6.18 Å². The molecule has 0 bridgehead atoms. The Labute approximate surface area is 227 Å². The normalized spacial score (nSPS) is 13.7. The number of urea groups is 1. The van der Waals surface area contributed by atoms with Crippen molar-refractivity contribution in [1.29, 1.82) is 0 Å². The van der Waals surface area contributed by atoms with Crippen molar-refractivity contribution in [1.82, 2.24) is 10.6 Å². The number of alkyl halides is 9. The highest BCUT2D eigenvalue weighted by atomic mass is 35.5. The molecule has 0 heterocycles. The maximum atomic E-state index is 14.9. The van der Waals surface area contributed by atoms with E-state index in [1.165, 1.54) is 5.32 Å². The van der Waals surface area contributed by atoms with E-state index in [0.717, 1.165) is 12.1 Å². The zero-order valence-electron chi connectivity index (χ0n) is 18.7. The predicted octanol–water partition coefficient (Wildman–Crippen LogP) is 8.37. The van der Waals surface area contributed by atoms with Crippen molar-refractivity contribution in [2.75, 3.05) is 13.1 Å². The van der Waals surface area contributed by atoms with Crippen molar-refractivity contribution in [3.8, 4) is 0 Å². The lowest BCUT2D eigenvalue weighted by molar-refractivity contribution is -0.140. The molecule has 2 aromatic rings. The molecular formula is C22H13Cl3F10N2O2. The third kappa shape index (κ3) is 9.17. The van der Waals surface area contributed by atoms with Gasteiger partial charge in [-0.25, -0.2) is 9.18 Å². The molecule has 0 radical (unpaired) electrons. The molecule has 0 saturated heterocycles. The van der Waals surface area contributed by atoms with Gasteiger partial charge in [-0.3, -0.25) is 4.79 Å². The average Bonchev–Trinajstić information content (AvgIpc) is 2.80. The molecule has 0 fully saturated rings. The first-order chi connectivity index (χ1) is 17.7. The van der Waals surface area contributed by atoms with Crippen molar-refractivity contribution in [2.24, 2.45) is 0 Å². The van der Waals surface area contributed by atoms with E-state index < -0.39 is 87.5 Å². The van der Waals surface area contributed by atoms with Gasteiger partial charge in [-0.1, -0.05) is 46.9 Å². The lowest BCUT2D eigenvalue weighted by Gasteiger charge is -2.19. The first-order valence-corrected chi connectivity index (χ1v) is 11.3. The molecule has 1 unspecified atom stereocenters. The Morgan fingerprint density at radius 1 is 0.872 bits per heavy atom. The Morgan fingerprint density at radius 2 is 1.44 bits per heavy atom. The molecule has 0 aliphatic rings. The second kappa shape index (κ2) is 12.2. The predicted molar refractivity (Wildman–Crippen MR) is 123 cm³/mol. The van der Waals surface area contributed by atoms with E-state index >= 15 is 0 Å². The van der Waals surface area contributed by atoms with Crippen LogP contribution in [0.1, 0.15) is 33.0 Å². The first kappa shape index (κ1) is 32.5. The van der Waals surface area contributed by atoms with Crippen LogP contribution in [0.2, 0.25) is 15.1 Å². The number of ketones is 1. The summed E-state index contributed by atoms with van der Waals surface area (Å²) >= 11 is 17.2. The van der Waals surface area contributed by atoms with Crippen LogP contribution in [0.25, 0.3) is 5.83 Å². The summed E-state index contributed by atoms with van der Waals surface area (Å²) < 4.78 is 133. The quantitative estimate of drug-likeness (QED) is 0.183. The number of rotatable bonds is 7. The fourth-order valence-electron chi connectivity index (χ4n) is 3.05. The van der Waals surface area contributed by atoms with Crippen molar-refractivity contribution in [3.63, 3.8) is 0 Å². The third-order valence-corrected chi connectivity index (χ3v) is 5.99. The van der Waals surface area contributed by atoms with E-state index in [4.69, 9.17) is 34.8 Å². The van der Waals surface area contributed by atoms with Crippen LogP contribution in [0, 0.1) is 0 Å². The van der Waals surface area contributed by atoms with Crippen LogP contribution >= 0.6 is 34.8 Å². The third-order valence-electron chi connectivity index (χ3n) is 4.79. The van der Waals surface area contributed by atoms with Crippen LogP contribution in [0.5, 0.6) is 0 Å². The highest BCUT2D eigenvalue weighted by Crippen LogP contribution is 2.42. The average molecular weight is 634 g/mol. The van der Waals surface area contributed by atoms with E-state index in [-0.39, 0.29) is 17.2 Å². The zero-order valence-corrected chi connectivity index (χ0v) is 21.0. The summed E-state index contributed by atoms with van der Waals surface area (Å²) in [7, 11) is 0. The van der Waals surface area contributed by atoms with Gasteiger partial charge >= 0.3 is 24.6 Å². The number of hydrogen-bond donors (Lipinski definition) is 2. The molecule has 39 heavy (non-hydrogen) atoms. The number of nitrogens with one attached hydrogen (secondary N) is 2. The van der Waals surface area contributed by atoms with Crippen LogP contribution in [-0.4, -0.2) is 37.3 Å². The number of carbonyl (C=O) groups is 2. The molecule has 1 atom stereocenters. The molecule has 2 rings (SSSR count). The molecule has 0 aromatic heterocycles. The standard InChI is InChI=1S/C22H13Cl3F10N2O2/c23-14-4-10(5-15(24)18(14)25)12(21(30,31)32)6-16(26)9-1-2-11(13(3-9)22(33,34)35)17(38)7-36-19(39)37-8-20(27,28)29/h1-6,12H,7-8H2,(H2,36,37,39)/b16-6-. The van der Waals surface area contributed by atoms with Gasteiger partial charge in [0.25, 0.3) is 0 Å². The Balaban J connectivity index is 2.41. The minimum Gasteiger partial charge on any atom is -0.331 e. The molecule has 0 aliphatic carbocycles. The molecule has 0 aliphatic heterocycles. The molecular weight excluding hydrogens is 621 g/mol. The molecule has 214 valence electrons. The molecule has 2 aromatic carbocycles. The molecule has 2 amide bonds. The highest BCUT2D eigenvalue weighted by Gasteiger charge is 2.41. The van der Waals surface area contributed by atoms with Crippen LogP contribution in [0.3, 0.4) is 0 Å². The topological polar surface area (TPSA) is 58.2 Å². The first-order valence-electron chi connectivity index (χ1n) is 10.1. The second-order valence-corrected chi connectivity index (χ2v) is 8.86. The smallest absolute Gasteiger partial charge is 0.331 e. The van der Waals surface area contributed by atoms with Crippen LogP contribution in [0.15, 0.2) is 36.4 Å². The second-order valence-electron chi connectivity index (χ2n) is 7.67. The lowest BCUT2D eigenvalue weighted by Crippen LogP contribution is -2.42. The van der Waals surface area contributed by atoms with Gasteiger partial charge in [0, 0.05) is 11.1 Å². The van der Waals surface area contributed by atoms with Crippen LogP contribution in [0.4, 0.5) is 48.7 Å². The molecule has 0 saturated carbocycles. The number of carbonyl (C=O) groups excluding carboxylic acids is 2. The monoisotopic (exact) mass is 632 g/mol. The Kier molecular flexibility index (Phi) is 10.2. The summed E-state index contributed by atoms with van der Waals surface area (Å²) in [5.74, 6) is -5.91. The summed E-state index contributed by atoms with van der Waals surface area (Å²) in [5.41, 5.74) is -4.56. The SMILES string of the molecule is O=C(NCC(=O)c1ccc(/C(F)=C/C(c2cc(Cl)c(Cl)c(Cl)c2)C(F)(F)F)cc1C(F)(F)F)NCC(F)(F)F. The van der Waals surface area contributed by atoms with Crippen molar-refractivity contribution >= 4 is 52.4 Å². The van der Waals surface area contributed by atoms with Crippen molar-refractivity contribution in [3.05, 3.63) is 73.7 Å². The number of benzene rings is 2. The molecule has 2 N–H and O–H groups in total. The number of amides is 2. The van der Waals surface area contributed by atoms with E-state index in [0.29, 0.717) is 12.1 Å². The van der Waals surface area contributed by atoms with Gasteiger partial charge in [0.15, 0.2) is 5.78 Å². The fraction of sp³-hybridized carbons (Fsp3) is 0.273. The molecule has 17 heteroatoms. The Morgan fingerprint density at radius 3 is 1.92 bits per heavy atom. The van der Waals surface area contributed by atoms with Gasteiger partial charge in [0.05, 0.1) is 27.2 Å². The molecule has 0 spiro atoms. The van der Waals surface area contributed by atoms with Crippen LogP contribution < -0.4 is 10.6 Å². The summed E-state index contributed by atoms with van der Waals surface area (Å²) in [5, 5.41) is 1.89. The number of halogens is 13. The van der Waals surface area contributed by atoms with Gasteiger partial charge in [-0.2, -0.15) is 39.5 Å². The molecule has 4 nitrogen and oxygen atoms in total. The number of Topliss-reactive ketones (excluding diaryl/α,β-unsaturated/α-hetero) is 1. The van der Waals surface area contributed by atoms with E-state index in [1.54, 1.807) is 5.32 Å².